The lowest BCUT2D eigenvalue weighted by Gasteiger charge is -2.26. The van der Waals surface area contributed by atoms with Gasteiger partial charge in [0.2, 0.25) is 0 Å². The first kappa shape index (κ1) is 24.8. The summed E-state index contributed by atoms with van der Waals surface area (Å²) < 4.78 is 21.2. The number of methoxy groups -OCH3 is 2. The Morgan fingerprint density at radius 3 is 2.38 bits per heavy atom. The van der Waals surface area contributed by atoms with E-state index in [0.717, 1.165) is 4.90 Å². The topological polar surface area (TPSA) is 120 Å². The number of imide groups is 2. The molecule has 1 heterocycles. The lowest BCUT2D eigenvalue weighted by atomic mass is 10.1. The Morgan fingerprint density at radius 2 is 1.76 bits per heavy atom. The quantitative estimate of drug-likeness (QED) is 0.312. The van der Waals surface area contributed by atoms with Gasteiger partial charge >= 0.3 is 12.0 Å². The molecule has 0 bridgehead atoms. The highest BCUT2D eigenvalue weighted by Crippen LogP contribution is 2.35. The number of rotatable bonds is 8. The van der Waals surface area contributed by atoms with Crippen LogP contribution >= 0.6 is 15.9 Å². The summed E-state index contributed by atoms with van der Waals surface area (Å²) in [5.41, 5.74) is 0.405. The zero-order chi connectivity index (χ0) is 24.8. The van der Waals surface area contributed by atoms with Crippen LogP contribution in [0.25, 0.3) is 6.08 Å². The number of benzene rings is 2. The van der Waals surface area contributed by atoms with Crippen molar-refractivity contribution in [2.24, 2.45) is 0 Å². The van der Waals surface area contributed by atoms with Gasteiger partial charge in [-0.25, -0.2) is 14.5 Å². The molecule has 0 unspecified atom stereocenters. The number of hydrogen-bond donors (Lipinski definition) is 1. The normalized spacial score (nSPS) is 14.6. The standard InChI is InChI=1S/C23H21BrN2O8/c1-4-33-20(27)12-34-19-11-17(24)13(10-18(19)32-3)9-16-21(28)25-23(30)26(22(16)29)14-5-7-15(31-2)8-6-14/h5-11H,4,12H2,1-3H3,(H,25,28,30). The van der Waals surface area contributed by atoms with Crippen LogP contribution < -0.4 is 24.4 Å². The second-order valence-electron chi connectivity index (χ2n) is 6.77. The minimum absolute atomic E-state index is 0.224. The Balaban J connectivity index is 1.93. The van der Waals surface area contributed by atoms with Gasteiger partial charge in [0.15, 0.2) is 18.1 Å². The highest BCUT2D eigenvalue weighted by atomic mass is 79.9. The molecule has 1 aliphatic heterocycles. The second kappa shape index (κ2) is 10.8. The van der Waals surface area contributed by atoms with Crippen molar-refractivity contribution >= 4 is 51.5 Å². The zero-order valence-electron chi connectivity index (χ0n) is 18.5. The summed E-state index contributed by atoms with van der Waals surface area (Å²) >= 11 is 3.37. The molecule has 0 aliphatic carbocycles. The largest absolute Gasteiger partial charge is 0.497 e. The number of carbonyl (C=O) groups excluding carboxylic acids is 4. The highest BCUT2D eigenvalue weighted by Gasteiger charge is 2.37. The number of ether oxygens (including phenoxy) is 4. The number of barbiturate groups is 1. The van der Waals surface area contributed by atoms with E-state index in [-0.39, 0.29) is 36.0 Å². The molecule has 3 rings (SSSR count). The first-order valence-electron chi connectivity index (χ1n) is 10.0. The maximum Gasteiger partial charge on any atom is 0.344 e. The molecular weight excluding hydrogens is 512 g/mol. The van der Waals surface area contributed by atoms with E-state index in [0.29, 0.717) is 15.8 Å². The third kappa shape index (κ3) is 5.37. The third-order valence-electron chi connectivity index (χ3n) is 4.67. The molecule has 1 N–H and O–H groups in total. The summed E-state index contributed by atoms with van der Waals surface area (Å²) in [6.07, 6.45) is 1.32. The van der Waals surface area contributed by atoms with Crippen molar-refractivity contribution in [1.29, 1.82) is 0 Å². The third-order valence-corrected chi connectivity index (χ3v) is 5.35. The van der Waals surface area contributed by atoms with Gasteiger partial charge in [0, 0.05) is 4.47 Å². The van der Waals surface area contributed by atoms with Gasteiger partial charge < -0.3 is 18.9 Å². The van der Waals surface area contributed by atoms with Crippen molar-refractivity contribution in [3.05, 3.63) is 52.0 Å². The summed E-state index contributed by atoms with van der Waals surface area (Å²) in [7, 11) is 2.90. The van der Waals surface area contributed by atoms with Gasteiger partial charge in [0.05, 0.1) is 26.5 Å². The van der Waals surface area contributed by atoms with Gasteiger partial charge in [0.25, 0.3) is 11.8 Å². The van der Waals surface area contributed by atoms with E-state index >= 15 is 0 Å². The summed E-state index contributed by atoms with van der Waals surface area (Å²) in [6.45, 7) is 1.59. The molecule has 2 aromatic rings. The predicted octanol–water partition coefficient (Wildman–Crippen LogP) is 3.07. The fraction of sp³-hybridized carbons (Fsp3) is 0.217. The van der Waals surface area contributed by atoms with Gasteiger partial charge in [-0.3, -0.25) is 14.9 Å². The zero-order valence-corrected chi connectivity index (χ0v) is 20.1. The molecule has 178 valence electrons. The molecule has 1 aliphatic rings. The number of carbonyl (C=O) groups is 4. The monoisotopic (exact) mass is 532 g/mol. The highest BCUT2D eigenvalue weighted by molar-refractivity contribution is 9.10. The molecule has 10 nitrogen and oxygen atoms in total. The molecule has 1 fully saturated rings. The Bertz CT molecular complexity index is 1160. The van der Waals surface area contributed by atoms with Crippen LogP contribution in [0.15, 0.2) is 46.4 Å². The van der Waals surface area contributed by atoms with E-state index in [1.165, 1.54) is 44.6 Å². The van der Waals surface area contributed by atoms with Crippen LogP contribution in [0.2, 0.25) is 0 Å². The predicted molar refractivity (Wildman–Crippen MR) is 125 cm³/mol. The first-order valence-corrected chi connectivity index (χ1v) is 10.8. The summed E-state index contributed by atoms with van der Waals surface area (Å²) in [4.78, 5) is 50.4. The van der Waals surface area contributed by atoms with Crippen LogP contribution in [0.4, 0.5) is 10.5 Å². The minimum Gasteiger partial charge on any atom is -0.497 e. The molecule has 0 spiro atoms. The molecule has 0 radical (unpaired) electrons. The number of amides is 4. The number of halogens is 1. The fourth-order valence-corrected chi connectivity index (χ4v) is 3.49. The SMILES string of the molecule is CCOC(=O)COc1cc(Br)c(C=C2C(=O)NC(=O)N(c3ccc(OC)cc3)C2=O)cc1OC. The van der Waals surface area contributed by atoms with Crippen molar-refractivity contribution < 1.29 is 38.1 Å². The van der Waals surface area contributed by atoms with Crippen LogP contribution in [0, 0.1) is 0 Å². The van der Waals surface area contributed by atoms with Crippen LogP contribution in [-0.2, 0) is 19.1 Å². The molecular formula is C23H21BrN2O8. The molecule has 1 saturated heterocycles. The number of hydrogen-bond acceptors (Lipinski definition) is 8. The Kier molecular flexibility index (Phi) is 7.90. The summed E-state index contributed by atoms with van der Waals surface area (Å²) in [5.74, 6) is -1.13. The Hall–Kier alpha value is -3.86. The van der Waals surface area contributed by atoms with Crippen molar-refractivity contribution in [2.45, 2.75) is 6.92 Å². The second-order valence-corrected chi connectivity index (χ2v) is 7.63. The van der Waals surface area contributed by atoms with Crippen LogP contribution in [0.1, 0.15) is 12.5 Å². The molecule has 2 aromatic carbocycles. The van der Waals surface area contributed by atoms with E-state index in [9.17, 15) is 19.2 Å². The lowest BCUT2D eigenvalue weighted by Crippen LogP contribution is -2.54. The number of anilines is 1. The Morgan fingerprint density at radius 1 is 1.06 bits per heavy atom. The average molecular weight is 533 g/mol. The van der Waals surface area contributed by atoms with Crippen molar-refractivity contribution in [3.8, 4) is 17.2 Å². The smallest absolute Gasteiger partial charge is 0.344 e. The van der Waals surface area contributed by atoms with E-state index in [4.69, 9.17) is 18.9 Å². The number of nitrogens with one attached hydrogen (secondary N) is 1. The number of esters is 1. The fourth-order valence-electron chi connectivity index (χ4n) is 3.05. The maximum absolute atomic E-state index is 13.1. The Labute approximate surface area is 203 Å². The van der Waals surface area contributed by atoms with Gasteiger partial charge in [-0.05, 0) is 55.0 Å². The first-order chi connectivity index (χ1) is 16.3. The van der Waals surface area contributed by atoms with E-state index in [1.807, 2.05) is 0 Å². The number of urea groups is 1. The van der Waals surface area contributed by atoms with Gasteiger partial charge in [0.1, 0.15) is 11.3 Å². The van der Waals surface area contributed by atoms with Gasteiger partial charge in [-0.15, -0.1) is 0 Å². The summed E-state index contributed by atoms with van der Waals surface area (Å²) in [5, 5.41) is 2.17. The lowest BCUT2D eigenvalue weighted by molar-refractivity contribution is -0.145. The molecule has 0 atom stereocenters. The van der Waals surface area contributed by atoms with Gasteiger partial charge in [-0.2, -0.15) is 0 Å². The maximum atomic E-state index is 13.1. The van der Waals surface area contributed by atoms with Crippen LogP contribution in [-0.4, -0.2) is 51.2 Å². The van der Waals surface area contributed by atoms with Crippen molar-refractivity contribution in [3.63, 3.8) is 0 Å². The molecule has 11 heteroatoms. The average Bonchev–Trinajstić information content (AvgIpc) is 2.81. The van der Waals surface area contributed by atoms with E-state index in [2.05, 4.69) is 21.2 Å². The number of nitrogens with zero attached hydrogens (tertiary/aromatic N) is 1. The van der Waals surface area contributed by atoms with Crippen molar-refractivity contribution in [1.82, 2.24) is 5.32 Å². The van der Waals surface area contributed by atoms with Gasteiger partial charge in [-0.1, -0.05) is 15.9 Å². The van der Waals surface area contributed by atoms with E-state index in [1.54, 1.807) is 19.1 Å². The molecule has 0 aromatic heterocycles. The molecule has 4 amide bonds. The molecule has 0 saturated carbocycles. The summed E-state index contributed by atoms with van der Waals surface area (Å²) in [6, 6.07) is 8.42. The van der Waals surface area contributed by atoms with Crippen LogP contribution in [0.5, 0.6) is 17.2 Å². The minimum atomic E-state index is -0.864. The molecule has 34 heavy (non-hydrogen) atoms. The van der Waals surface area contributed by atoms with Crippen LogP contribution in [0.3, 0.4) is 0 Å². The van der Waals surface area contributed by atoms with E-state index < -0.39 is 23.8 Å². The van der Waals surface area contributed by atoms with Crippen molar-refractivity contribution in [2.75, 3.05) is 32.3 Å².